The third kappa shape index (κ3) is 3.54. The van der Waals surface area contributed by atoms with Gasteiger partial charge in [0.25, 0.3) is 0 Å². The quantitative estimate of drug-likeness (QED) is 0.793. The zero-order valence-corrected chi connectivity index (χ0v) is 15.1. The van der Waals surface area contributed by atoms with Gasteiger partial charge in [-0.15, -0.1) is 5.10 Å². The molecule has 2 aromatic rings. The van der Waals surface area contributed by atoms with E-state index in [-0.39, 0.29) is 0 Å². The molecule has 1 aliphatic heterocycles. The zero-order chi connectivity index (χ0) is 16.4. The third-order valence-electron chi connectivity index (χ3n) is 3.80. The average Bonchev–Trinajstić information content (AvgIpc) is 2.56. The first-order valence-electron chi connectivity index (χ1n) is 7.28. The van der Waals surface area contributed by atoms with Crippen LogP contribution in [0.5, 0.6) is 0 Å². The van der Waals surface area contributed by atoms with Crippen LogP contribution < -0.4 is 4.90 Å². The molecule has 0 atom stereocenters. The van der Waals surface area contributed by atoms with Gasteiger partial charge in [-0.1, -0.05) is 15.9 Å². The number of hydrogen-bond acceptors (Lipinski definition) is 5. The normalized spacial score (nSPS) is 16.5. The first-order valence-corrected chi connectivity index (χ1v) is 9.51. The second kappa shape index (κ2) is 6.54. The third-order valence-corrected chi connectivity index (χ3v) is 6.24. The summed E-state index contributed by atoms with van der Waals surface area (Å²) in [5, 5.41) is 8.21. The molecule has 0 N–H and O–H groups in total. The number of aryl methyl sites for hydroxylation is 1. The Balaban J connectivity index is 1.70. The first-order chi connectivity index (χ1) is 11.0. The molecule has 1 aromatic carbocycles. The molecule has 0 radical (unpaired) electrons. The van der Waals surface area contributed by atoms with Crippen molar-refractivity contribution in [1.82, 2.24) is 14.5 Å². The Morgan fingerprint density at radius 1 is 0.957 bits per heavy atom. The van der Waals surface area contributed by atoms with Gasteiger partial charge < -0.3 is 4.90 Å². The molecule has 0 aliphatic carbocycles. The maximum atomic E-state index is 12.7. The molecular weight excluding hydrogens is 380 g/mol. The average molecular weight is 397 g/mol. The largest absolute Gasteiger partial charge is 0.352 e. The number of halogens is 1. The molecule has 122 valence electrons. The second-order valence-corrected chi connectivity index (χ2v) is 8.23. The fourth-order valence-electron chi connectivity index (χ4n) is 2.47. The Morgan fingerprint density at radius 3 is 2.17 bits per heavy atom. The predicted octanol–water partition coefficient (Wildman–Crippen LogP) is 2.06. The van der Waals surface area contributed by atoms with Gasteiger partial charge in [-0.2, -0.15) is 9.40 Å². The summed E-state index contributed by atoms with van der Waals surface area (Å²) in [7, 11) is -3.44. The lowest BCUT2D eigenvalue weighted by Crippen LogP contribution is -2.49. The van der Waals surface area contributed by atoms with E-state index in [4.69, 9.17) is 0 Å². The highest BCUT2D eigenvalue weighted by atomic mass is 79.9. The van der Waals surface area contributed by atoms with E-state index in [1.165, 1.54) is 4.31 Å². The molecule has 0 amide bonds. The molecule has 0 bridgehead atoms. The van der Waals surface area contributed by atoms with E-state index >= 15 is 0 Å². The molecule has 1 saturated heterocycles. The lowest BCUT2D eigenvalue weighted by Gasteiger charge is -2.34. The van der Waals surface area contributed by atoms with Gasteiger partial charge in [-0.3, -0.25) is 0 Å². The molecule has 2 heterocycles. The van der Waals surface area contributed by atoms with Crippen LogP contribution >= 0.6 is 15.9 Å². The summed E-state index contributed by atoms with van der Waals surface area (Å²) in [6.07, 6.45) is 0. The van der Waals surface area contributed by atoms with E-state index in [9.17, 15) is 8.42 Å². The molecule has 1 aromatic heterocycles. The fraction of sp³-hybridized carbons (Fsp3) is 0.333. The van der Waals surface area contributed by atoms with Crippen molar-refractivity contribution < 1.29 is 8.42 Å². The van der Waals surface area contributed by atoms with Crippen LogP contribution in [0.2, 0.25) is 0 Å². The molecule has 8 heteroatoms. The van der Waals surface area contributed by atoms with Crippen molar-refractivity contribution in [2.75, 3.05) is 31.1 Å². The molecule has 6 nitrogen and oxygen atoms in total. The molecule has 3 rings (SSSR count). The lowest BCUT2D eigenvalue weighted by molar-refractivity contribution is 0.383. The number of nitrogens with zero attached hydrogens (tertiary/aromatic N) is 4. The highest BCUT2D eigenvalue weighted by Gasteiger charge is 2.28. The van der Waals surface area contributed by atoms with Crippen LogP contribution in [0.25, 0.3) is 0 Å². The Labute approximate surface area is 144 Å². The molecule has 0 unspecified atom stereocenters. The predicted molar refractivity (Wildman–Crippen MR) is 91.9 cm³/mol. The van der Waals surface area contributed by atoms with Crippen LogP contribution in [0.4, 0.5) is 5.82 Å². The highest BCUT2D eigenvalue weighted by molar-refractivity contribution is 9.10. The van der Waals surface area contributed by atoms with E-state index in [0.717, 1.165) is 16.0 Å². The fourth-order valence-corrected chi connectivity index (χ4v) is 4.16. The molecule has 0 spiro atoms. The van der Waals surface area contributed by atoms with E-state index in [1.807, 2.05) is 19.1 Å². The van der Waals surface area contributed by atoms with Crippen molar-refractivity contribution >= 4 is 31.8 Å². The Bertz CT molecular complexity index is 770. The number of anilines is 1. The number of sulfonamides is 1. The summed E-state index contributed by atoms with van der Waals surface area (Å²) in [5.41, 5.74) is 0.866. The summed E-state index contributed by atoms with van der Waals surface area (Å²) in [4.78, 5) is 2.38. The summed E-state index contributed by atoms with van der Waals surface area (Å²) < 4.78 is 27.7. The second-order valence-electron chi connectivity index (χ2n) is 5.38. The lowest BCUT2D eigenvalue weighted by atomic mass is 10.3. The van der Waals surface area contributed by atoms with Gasteiger partial charge in [0.1, 0.15) is 0 Å². The number of rotatable bonds is 3. The van der Waals surface area contributed by atoms with Crippen molar-refractivity contribution in [3.05, 3.63) is 46.6 Å². The van der Waals surface area contributed by atoms with Crippen molar-refractivity contribution in [3.63, 3.8) is 0 Å². The van der Waals surface area contributed by atoms with E-state index in [1.54, 1.807) is 24.3 Å². The molecular formula is C15H17BrN4O2S. The number of aromatic nitrogens is 2. The smallest absolute Gasteiger partial charge is 0.243 e. The van der Waals surface area contributed by atoms with Crippen molar-refractivity contribution in [1.29, 1.82) is 0 Å². The summed E-state index contributed by atoms with van der Waals surface area (Å²) >= 11 is 3.32. The minimum absolute atomic E-state index is 0.323. The zero-order valence-electron chi connectivity index (χ0n) is 12.7. The summed E-state index contributed by atoms with van der Waals surface area (Å²) in [6.45, 7) is 3.97. The van der Waals surface area contributed by atoms with Crippen LogP contribution in [0.1, 0.15) is 5.69 Å². The van der Waals surface area contributed by atoms with Crippen LogP contribution in [-0.4, -0.2) is 49.1 Å². The van der Waals surface area contributed by atoms with E-state index < -0.39 is 10.0 Å². The van der Waals surface area contributed by atoms with Gasteiger partial charge in [0.2, 0.25) is 10.0 Å². The van der Waals surface area contributed by atoms with E-state index in [0.29, 0.717) is 31.1 Å². The standard InChI is InChI=1S/C15H17BrN4O2S/c1-12-2-7-15(18-17-12)19-8-10-20(11-9-19)23(21,22)14-5-3-13(16)4-6-14/h2-7H,8-11H2,1H3. The maximum absolute atomic E-state index is 12.7. The van der Waals surface area contributed by atoms with Gasteiger partial charge in [0.05, 0.1) is 10.6 Å². The van der Waals surface area contributed by atoms with Crippen molar-refractivity contribution in [2.45, 2.75) is 11.8 Å². The first kappa shape index (κ1) is 16.4. The van der Waals surface area contributed by atoms with E-state index in [2.05, 4.69) is 31.0 Å². The summed E-state index contributed by atoms with van der Waals surface area (Å²) in [6, 6.07) is 10.6. The molecule has 1 aliphatic rings. The van der Waals surface area contributed by atoms with Gasteiger partial charge in [-0.25, -0.2) is 8.42 Å². The van der Waals surface area contributed by atoms with Crippen LogP contribution in [-0.2, 0) is 10.0 Å². The Hall–Kier alpha value is -1.51. The molecule has 1 fully saturated rings. The minimum atomic E-state index is -3.44. The minimum Gasteiger partial charge on any atom is -0.352 e. The van der Waals surface area contributed by atoms with Crippen molar-refractivity contribution in [3.8, 4) is 0 Å². The van der Waals surface area contributed by atoms with Crippen LogP contribution in [0, 0.1) is 6.92 Å². The van der Waals surface area contributed by atoms with Gasteiger partial charge in [-0.05, 0) is 43.3 Å². The van der Waals surface area contributed by atoms with Crippen LogP contribution in [0.3, 0.4) is 0 Å². The molecule has 0 saturated carbocycles. The van der Waals surface area contributed by atoms with Crippen LogP contribution in [0.15, 0.2) is 45.8 Å². The number of benzene rings is 1. The maximum Gasteiger partial charge on any atom is 0.243 e. The SMILES string of the molecule is Cc1ccc(N2CCN(S(=O)(=O)c3ccc(Br)cc3)CC2)nn1. The monoisotopic (exact) mass is 396 g/mol. The molecule has 23 heavy (non-hydrogen) atoms. The Kier molecular flexibility index (Phi) is 4.65. The van der Waals surface area contributed by atoms with Gasteiger partial charge in [0, 0.05) is 30.7 Å². The topological polar surface area (TPSA) is 66.4 Å². The Morgan fingerprint density at radius 2 is 1.61 bits per heavy atom. The highest BCUT2D eigenvalue weighted by Crippen LogP contribution is 2.21. The number of piperazine rings is 1. The number of hydrogen-bond donors (Lipinski definition) is 0. The van der Waals surface area contributed by atoms with Crippen molar-refractivity contribution in [2.24, 2.45) is 0 Å². The van der Waals surface area contributed by atoms with Gasteiger partial charge >= 0.3 is 0 Å². The summed E-state index contributed by atoms with van der Waals surface area (Å²) in [5.74, 6) is 0.788. The van der Waals surface area contributed by atoms with Gasteiger partial charge in [0.15, 0.2) is 5.82 Å².